The minimum absolute atomic E-state index is 0.130. The summed E-state index contributed by atoms with van der Waals surface area (Å²) in [4.78, 5) is 8.42. The van der Waals surface area contributed by atoms with Gasteiger partial charge in [-0.2, -0.15) is 0 Å². The third-order valence-corrected chi connectivity index (χ3v) is 6.67. The monoisotopic (exact) mass is 522 g/mol. The first-order chi connectivity index (χ1) is 16.0. The lowest BCUT2D eigenvalue weighted by atomic mass is 9.78. The van der Waals surface area contributed by atoms with Gasteiger partial charge in [-0.05, 0) is 47.9 Å². The van der Waals surface area contributed by atoms with Gasteiger partial charge in [-0.1, -0.05) is 56.1 Å². The van der Waals surface area contributed by atoms with Gasteiger partial charge in [0, 0.05) is 17.9 Å². The number of hydrogen-bond acceptors (Lipinski definition) is 6. The fourth-order valence-corrected chi connectivity index (χ4v) is 4.70. The van der Waals surface area contributed by atoms with E-state index in [1.807, 2.05) is 43.3 Å². The van der Waals surface area contributed by atoms with Crippen molar-refractivity contribution in [3.05, 3.63) is 81.4 Å². The fraction of sp³-hybridized carbons (Fsp3) is 0.360. The Kier molecular flexibility index (Phi) is 8.44. The molecule has 0 aliphatic carbocycles. The SMILES string of the molecule is CCCOc1c(Cl)cc(C(C)(C)c2ccc(OCc3nccc(CS(C)(=O)=O)n3)cc2)cc1Cl. The van der Waals surface area contributed by atoms with Gasteiger partial charge in [0.25, 0.3) is 0 Å². The Labute approximate surface area is 211 Å². The van der Waals surface area contributed by atoms with Crippen LogP contribution >= 0.6 is 23.2 Å². The van der Waals surface area contributed by atoms with E-state index in [2.05, 4.69) is 23.8 Å². The molecule has 1 aromatic heterocycles. The van der Waals surface area contributed by atoms with Crippen molar-refractivity contribution < 1.29 is 17.9 Å². The summed E-state index contributed by atoms with van der Waals surface area (Å²) >= 11 is 12.9. The Morgan fingerprint density at radius 3 is 2.21 bits per heavy atom. The average Bonchev–Trinajstić information content (AvgIpc) is 2.76. The van der Waals surface area contributed by atoms with Gasteiger partial charge in [0.2, 0.25) is 0 Å². The van der Waals surface area contributed by atoms with E-state index in [1.165, 1.54) is 12.5 Å². The minimum atomic E-state index is -3.17. The van der Waals surface area contributed by atoms with Crippen molar-refractivity contribution in [1.29, 1.82) is 0 Å². The van der Waals surface area contributed by atoms with Crippen LogP contribution in [-0.2, 0) is 27.6 Å². The van der Waals surface area contributed by atoms with Crippen LogP contribution in [0.1, 0.15) is 49.8 Å². The number of nitrogens with zero attached hydrogens (tertiary/aromatic N) is 2. The van der Waals surface area contributed by atoms with Crippen LogP contribution in [0.25, 0.3) is 0 Å². The zero-order chi connectivity index (χ0) is 24.9. The normalized spacial score (nSPS) is 11.9. The third-order valence-electron chi connectivity index (χ3n) is 5.29. The quantitative estimate of drug-likeness (QED) is 0.323. The minimum Gasteiger partial charge on any atom is -0.490 e. The van der Waals surface area contributed by atoms with Crippen LogP contribution in [0.3, 0.4) is 0 Å². The molecule has 182 valence electrons. The van der Waals surface area contributed by atoms with Crippen LogP contribution in [-0.4, -0.2) is 31.2 Å². The van der Waals surface area contributed by atoms with Crippen LogP contribution in [0, 0.1) is 0 Å². The Morgan fingerprint density at radius 1 is 0.971 bits per heavy atom. The number of aromatic nitrogens is 2. The van der Waals surface area contributed by atoms with E-state index < -0.39 is 9.84 Å². The van der Waals surface area contributed by atoms with E-state index in [0.717, 1.165) is 17.5 Å². The second-order valence-electron chi connectivity index (χ2n) is 8.59. The van der Waals surface area contributed by atoms with E-state index >= 15 is 0 Å². The van der Waals surface area contributed by atoms with Gasteiger partial charge >= 0.3 is 0 Å². The summed E-state index contributed by atoms with van der Waals surface area (Å²) < 4.78 is 34.5. The van der Waals surface area contributed by atoms with Crippen molar-refractivity contribution in [2.75, 3.05) is 12.9 Å². The molecular formula is C25H28Cl2N2O4S. The maximum Gasteiger partial charge on any atom is 0.166 e. The molecule has 0 amide bonds. The van der Waals surface area contributed by atoms with Gasteiger partial charge < -0.3 is 9.47 Å². The molecule has 0 aliphatic heterocycles. The lowest BCUT2D eigenvalue weighted by Gasteiger charge is -2.27. The maximum atomic E-state index is 11.5. The van der Waals surface area contributed by atoms with Crippen molar-refractivity contribution in [2.24, 2.45) is 0 Å². The van der Waals surface area contributed by atoms with E-state index in [4.69, 9.17) is 32.7 Å². The van der Waals surface area contributed by atoms with Crippen molar-refractivity contribution >= 4 is 33.0 Å². The van der Waals surface area contributed by atoms with E-state index in [-0.39, 0.29) is 17.8 Å². The lowest BCUT2D eigenvalue weighted by molar-refractivity contribution is 0.295. The number of halogens is 2. The summed E-state index contributed by atoms with van der Waals surface area (Å²) in [6.07, 6.45) is 3.57. The molecule has 6 nitrogen and oxygen atoms in total. The molecule has 0 unspecified atom stereocenters. The summed E-state index contributed by atoms with van der Waals surface area (Å²) in [6.45, 7) is 6.90. The molecule has 0 saturated carbocycles. The Morgan fingerprint density at radius 2 is 1.62 bits per heavy atom. The highest BCUT2D eigenvalue weighted by molar-refractivity contribution is 7.89. The third kappa shape index (κ3) is 6.84. The van der Waals surface area contributed by atoms with Crippen LogP contribution in [0.2, 0.25) is 10.0 Å². The summed E-state index contributed by atoms with van der Waals surface area (Å²) in [5.41, 5.74) is 2.10. The molecule has 3 rings (SSSR count). The van der Waals surface area contributed by atoms with Crippen LogP contribution < -0.4 is 9.47 Å². The number of benzene rings is 2. The smallest absolute Gasteiger partial charge is 0.166 e. The van der Waals surface area contributed by atoms with Gasteiger partial charge in [0.15, 0.2) is 21.4 Å². The predicted octanol–water partition coefficient (Wildman–Crippen LogP) is 6.02. The summed E-state index contributed by atoms with van der Waals surface area (Å²) in [5, 5.41) is 0.976. The first-order valence-electron chi connectivity index (χ1n) is 10.8. The predicted molar refractivity (Wildman–Crippen MR) is 136 cm³/mol. The largest absolute Gasteiger partial charge is 0.490 e. The molecule has 0 bridgehead atoms. The molecule has 34 heavy (non-hydrogen) atoms. The molecule has 0 aliphatic rings. The molecule has 2 aromatic carbocycles. The van der Waals surface area contributed by atoms with E-state index in [1.54, 1.807) is 6.07 Å². The molecule has 3 aromatic rings. The highest BCUT2D eigenvalue weighted by atomic mass is 35.5. The molecule has 0 N–H and O–H groups in total. The van der Waals surface area contributed by atoms with Crippen LogP contribution in [0.4, 0.5) is 0 Å². The van der Waals surface area contributed by atoms with Gasteiger partial charge in [0.05, 0.1) is 28.1 Å². The number of ether oxygens (including phenoxy) is 2. The lowest BCUT2D eigenvalue weighted by Crippen LogP contribution is -2.19. The summed E-state index contributed by atoms with van der Waals surface area (Å²) in [5.74, 6) is 1.44. The molecule has 0 saturated heterocycles. The maximum absolute atomic E-state index is 11.5. The first-order valence-corrected chi connectivity index (χ1v) is 13.7. The fourth-order valence-electron chi connectivity index (χ4n) is 3.40. The number of rotatable bonds is 10. The second kappa shape index (κ2) is 10.9. The van der Waals surface area contributed by atoms with Crippen molar-refractivity contribution in [3.8, 4) is 11.5 Å². The molecular weight excluding hydrogens is 495 g/mol. The Balaban J connectivity index is 1.72. The van der Waals surface area contributed by atoms with Gasteiger partial charge in [-0.25, -0.2) is 18.4 Å². The zero-order valence-electron chi connectivity index (χ0n) is 19.6. The molecule has 0 atom stereocenters. The standard InChI is InChI=1S/C25H28Cl2N2O4S/c1-5-12-32-24-21(26)13-18(14-22(24)27)25(2,3)17-6-8-20(9-7-17)33-15-23-28-11-10-19(29-23)16-34(4,30)31/h6-11,13-14H,5,12,15-16H2,1-4H3. The Hall–Kier alpha value is -2.35. The molecule has 0 radical (unpaired) electrons. The summed E-state index contributed by atoms with van der Waals surface area (Å²) in [6, 6.07) is 13.1. The van der Waals surface area contributed by atoms with Crippen molar-refractivity contribution in [3.63, 3.8) is 0 Å². The molecule has 9 heteroatoms. The van der Waals surface area contributed by atoms with Crippen LogP contribution in [0.15, 0.2) is 48.7 Å². The number of hydrogen-bond donors (Lipinski definition) is 0. The number of sulfone groups is 1. The topological polar surface area (TPSA) is 78.4 Å². The van der Waals surface area contributed by atoms with Gasteiger partial charge in [-0.15, -0.1) is 0 Å². The van der Waals surface area contributed by atoms with Gasteiger partial charge in [-0.3, -0.25) is 0 Å². The summed E-state index contributed by atoms with van der Waals surface area (Å²) in [7, 11) is -3.17. The average molecular weight is 523 g/mol. The first kappa shape index (κ1) is 26.3. The van der Waals surface area contributed by atoms with Crippen molar-refractivity contribution in [2.45, 2.75) is 45.0 Å². The van der Waals surface area contributed by atoms with Gasteiger partial charge in [0.1, 0.15) is 12.4 Å². The van der Waals surface area contributed by atoms with Crippen LogP contribution in [0.5, 0.6) is 11.5 Å². The Bertz CT molecular complexity index is 1220. The second-order valence-corrected chi connectivity index (χ2v) is 11.5. The highest BCUT2D eigenvalue weighted by Crippen LogP contribution is 2.40. The zero-order valence-corrected chi connectivity index (χ0v) is 22.0. The molecule has 0 spiro atoms. The highest BCUT2D eigenvalue weighted by Gasteiger charge is 2.25. The van der Waals surface area contributed by atoms with E-state index in [9.17, 15) is 8.42 Å². The molecule has 1 heterocycles. The van der Waals surface area contributed by atoms with E-state index in [0.29, 0.717) is 39.7 Å². The van der Waals surface area contributed by atoms with Crippen molar-refractivity contribution in [1.82, 2.24) is 9.97 Å². The molecule has 0 fully saturated rings.